The van der Waals surface area contributed by atoms with Crippen molar-refractivity contribution in [1.82, 2.24) is 4.98 Å². The van der Waals surface area contributed by atoms with Gasteiger partial charge in [-0.3, -0.25) is 4.79 Å². The molecule has 0 aliphatic heterocycles. The maximum absolute atomic E-state index is 13.5. The maximum Gasteiger partial charge on any atom is 0.217 e. The summed E-state index contributed by atoms with van der Waals surface area (Å²) in [5, 5.41) is 15.4. The Morgan fingerprint density at radius 3 is 2.25 bits per heavy atom. The predicted molar refractivity (Wildman–Crippen MR) is 157 cm³/mol. The largest absolute Gasteiger partial charge is 0.512 e. The van der Waals surface area contributed by atoms with E-state index in [4.69, 9.17) is 4.74 Å². The van der Waals surface area contributed by atoms with Crippen LogP contribution in [0.5, 0.6) is 11.6 Å². The summed E-state index contributed by atoms with van der Waals surface area (Å²) >= 11 is 0. The standard InChI is InChI=1S/C23H13FNO.C11H20O2.Ir/c24-18-10-11-19-16(12-18)8-9-17-14-25-23(13-21(17)19)26-22-7-3-5-15-4-1-2-6-20(15)22;1-10(2,3)8(12)7-9(13)11(4,5)6;/h1-6,8-14H;7,12H,1-6H3;/q-1;;/b;8-7-;. The summed E-state index contributed by atoms with van der Waals surface area (Å²) in [6.45, 7) is 11.1. The van der Waals surface area contributed by atoms with E-state index in [1.807, 2.05) is 96.1 Å². The Morgan fingerprint density at radius 1 is 0.850 bits per heavy atom. The molecule has 1 radical (unpaired) electrons. The number of aromatic nitrogens is 1. The first-order valence-corrected chi connectivity index (χ1v) is 12.8. The van der Waals surface area contributed by atoms with Gasteiger partial charge >= 0.3 is 0 Å². The fourth-order valence-electron chi connectivity index (χ4n) is 3.85. The van der Waals surface area contributed by atoms with Crippen LogP contribution in [0, 0.1) is 22.7 Å². The first kappa shape index (κ1) is 30.9. The molecule has 40 heavy (non-hydrogen) atoms. The minimum Gasteiger partial charge on any atom is -0.512 e. The van der Waals surface area contributed by atoms with Gasteiger partial charge in [-0.2, -0.15) is 12.1 Å². The van der Waals surface area contributed by atoms with E-state index in [2.05, 4.69) is 11.1 Å². The van der Waals surface area contributed by atoms with E-state index in [1.165, 1.54) is 18.2 Å². The topological polar surface area (TPSA) is 59.4 Å². The second-order valence-electron chi connectivity index (χ2n) is 11.6. The van der Waals surface area contributed by atoms with Crippen LogP contribution in [0.2, 0.25) is 0 Å². The molecule has 0 amide bonds. The smallest absolute Gasteiger partial charge is 0.217 e. The second kappa shape index (κ2) is 12.3. The van der Waals surface area contributed by atoms with Crippen molar-refractivity contribution >= 4 is 38.1 Å². The van der Waals surface area contributed by atoms with E-state index >= 15 is 0 Å². The van der Waals surface area contributed by atoms with Gasteiger partial charge in [0.1, 0.15) is 11.6 Å². The number of allylic oxidation sites excluding steroid dienone is 2. The van der Waals surface area contributed by atoms with Gasteiger partial charge in [-0.05, 0) is 28.3 Å². The number of carbonyl (C=O) groups is 1. The van der Waals surface area contributed by atoms with E-state index in [-0.39, 0.29) is 42.9 Å². The van der Waals surface area contributed by atoms with Crippen LogP contribution in [0.25, 0.3) is 32.3 Å². The van der Waals surface area contributed by atoms with Gasteiger partial charge in [0.2, 0.25) is 5.88 Å². The summed E-state index contributed by atoms with van der Waals surface area (Å²) in [5.41, 5.74) is -0.764. The average Bonchev–Trinajstić information content (AvgIpc) is 2.88. The second-order valence-corrected chi connectivity index (χ2v) is 11.6. The Labute approximate surface area is 248 Å². The van der Waals surface area contributed by atoms with Crippen molar-refractivity contribution < 1.29 is 39.1 Å². The number of fused-ring (bicyclic) bond motifs is 4. The third-order valence-corrected chi connectivity index (χ3v) is 6.32. The van der Waals surface area contributed by atoms with Crippen LogP contribution in [-0.4, -0.2) is 15.9 Å². The van der Waals surface area contributed by atoms with Crippen molar-refractivity contribution in [1.29, 1.82) is 0 Å². The number of hydrogen-bond acceptors (Lipinski definition) is 4. The molecule has 1 heterocycles. The molecule has 0 bridgehead atoms. The maximum atomic E-state index is 13.5. The molecule has 0 spiro atoms. The molecule has 0 atom stereocenters. The molecule has 5 rings (SSSR count). The van der Waals surface area contributed by atoms with Gasteiger partial charge in [0.15, 0.2) is 5.78 Å². The minimum absolute atomic E-state index is 0. The van der Waals surface area contributed by atoms with Gasteiger partial charge < -0.3 is 9.84 Å². The number of pyridine rings is 1. The molecule has 0 saturated carbocycles. The molecular weight excluding hydrogens is 682 g/mol. The molecule has 0 saturated heterocycles. The number of aliphatic hydroxyl groups is 1. The Bertz CT molecular complexity index is 1690. The first-order chi connectivity index (χ1) is 18.3. The molecule has 0 aliphatic carbocycles. The minimum atomic E-state index is -0.417. The van der Waals surface area contributed by atoms with Gasteiger partial charge in [0.05, 0.1) is 0 Å². The quantitative estimate of drug-likeness (QED) is 0.0876. The SMILES string of the molecule is CC(C)(C)C(=O)/C=C(\O)C(C)(C)C.Fc1ccc2c(ccc3cnc(Oc4[c-]ccc5ccccc45)cc32)c1.[Ir]. The van der Waals surface area contributed by atoms with Crippen LogP contribution >= 0.6 is 0 Å². The number of halogens is 1. The molecule has 1 N–H and O–H groups in total. The van der Waals surface area contributed by atoms with E-state index in [0.717, 1.165) is 32.3 Å². The first-order valence-electron chi connectivity index (χ1n) is 12.8. The Morgan fingerprint density at radius 2 is 1.55 bits per heavy atom. The Kier molecular flexibility index (Phi) is 9.50. The number of benzene rings is 4. The van der Waals surface area contributed by atoms with Gasteiger partial charge in [-0.15, -0.1) is 17.5 Å². The monoisotopic (exact) mass is 715 g/mol. The predicted octanol–water partition coefficient (Wildman–Crippen LogP) is 9.36. The summed E-state index contributed by atoms with van der Waals surface area (Å²) in [4.78, 5) is 15.9. The number of carbonyl (C=O) groups excluding carboxylic acids is 1. The van der Waals surface area contributed by atoms with Crippen molar-refractivity contribution in [3.8, 4) is 11.6 Å². The third-order valence-electron chi connectivity index (χ3n) is 6.32. The van der Waals surface area contributed by atoms with Crippen molar-refractivity contribution in [2.45, 2.75) is 41.5 Å². The van der Waals surface area contributed by atoms with Crippen LogP contribution in [0.3, 0.4) is 0 Å². The van der Waals surface area contributed by atoms with E-state index < -0.39 is 5.41 Å². The number of hydrogen-bond donors (Lipinski definition) is 1. The molecule has 0 aliphatic rings. The summed E-state index contributed by atoms with van der Waals surface area (Å²) in [5.74, 6) is 0.989. The molecule has 4 aromatic carbocycles. The van der Waals surface area contributed by atoms with Crippen LogP contribution in [0.4, 0.5) is 4.39 Å². The van der Waals surface area contributed by atoms with Crippen molar-refractivity contribution in [2.24, 2.45) is 10.8 Å². The normalized spacial score (nSPS) is 12.0. The number of ether oxygens (including phenoxy) is 1. The molecule has 0 fully saturated rings. The number of rotatable bonds is 3. The zero-order chi connectivity index (χ0) is 28.4. The van der Waals surface area contributed by atoms with Crippen molar-refractivity contribution in [3.63, 3.8) is 0 Å². The summed E-state index contributed by atoms with van der Waals surface area (Å²) in [6, 6.07) is 25.5. The van der Waals surface area contributed by atoms with E-state index in [9.17, 15) is 14.3 Å². The van der Waals surface area contributed by atoms with Crippen LogP contribution in [0.15, 0.2) is 90.8 Å². The molecular formula is C34H33FIrNO3-. The molecule has 5 aromatic rings. The van der Waals surface area contributed by atoms with E-state index in [0.29, 0.717) is 11.6 Å². The van der Waals surface area contributed by atoms with Gasteiger partial charge in [-0.25, -0.2) is 9.37 Å². The molecule has 4 nitrogen and oxygen atoms in total. The third kappa shape index (κ3) is 7.32. The molecule has 6 heteroatoms. The summed E-state index contributed by atoms with van der Waals surface area (Å²) < 4.78 is 19.5. The fraction of sp³-hybridized carbons (Fsp3) is 0.235. The molecule has 209 valence electrons. The van der Waals surface area contributed by atoms with Crippen LogP contribution in [0.1, 0.15) is 41.5 Å². The van der Waals surface area contributed by atoms with Gasteiger partial charge in [0, 0.05) is 60.4 Å². The molecule has 1 aromatic heterocycles. The number of nitrogens with zero attached hydrogens (tertiary/aromatic N) is 1. The van der Waals surface area contributed by atoms with Crippen LogP contribution < -0.4 is 4.74 Å². The van der Waals surface area contributed by atoms with Gasteiger partial charge in [0.25, 0.3) is 0 Å². The van der Waals surface area contributed by atoms with Crippen molar-refractivity contribution in [2.75, 3.05) is 0 Å². The summed E-state index contributed by atoms with van der Waals surface area (Å²) in [7, 11) is 0. The fourth-order valence-corrected chi connectivity index (χ4v) is 3.85. The Hall–Kier alpha value is -3.60. The number of ketones is 1. The summed E-state index contributed by atoms with van der Waals surface area (Å²) in [6.07, 6.45) is 3.11. The molecule has 0 unspecified atom stereocenters. The Balaban J connectivity index is 0.000000272. The zero-order valence-electron chi connectivity index (χ0n) is 23.5. The number of aliphatic hydroxyl groups excluding tert-OH is 1. The van der Waals surface area contributed by atoms with Crippen LogP contribution in [-0.2, 0) is 24.9 Å². The zero-order valence-corrected chi connectivity index (χ0v) is 25.9. The average molecular weight is 715 g/mol. The van der Waals surface area contributed by atoms with Crippen molar-refractivity contribution in [3.05, 3.63) is 103 Å². The van der Waals surface area contributed by atoms with E-state index in [1.54, 1.807) is 12.3 Å². The van der Waals surface area contributed by atoms with Gasteiger partial charge in [-0.1, -0.05) is 83.3 Å².